The molecule has 0 aliphatic carbocycles. The summed E-state index contributed by atoms with van der Waals surface area (Å²) in [5, 5.41) is 0.610. The smallest absolute Gasteiger partial charge is 0.312 e. The average Bonchev–Trinajstić information content (AvgIpc) is 3.16. The van der Waals surface area contributed by atoms with E-state index in [0.29, 0.717) is 11.6 Å². The summed E-state index contributed by atoms with van der Waals surface area (Å²) in [6.07, 6.45) is 3.40. The van der Waals surface area contributed by atoms with Gasteiger partial charge in [-0.15, -0.1) is 0 Å². The van der Waals surface area contributed by atoms with Gasteiger partial charge in [0.25, 0.3) is 0 Å². The number of benzene rings is 1. The number of amides is 1. The summed E-state index contributed by atoms with van der Waals surface area (Å²) in [7, 11) is 1.33. The maximum absolute atomic E-state index is 12.9. The van der Waals surface area contributed by atoms with Crippen LogP contribution >= 0.6 is 11.6 Å². The van der Waals surface area contributed by atoms with Crippen molar-refractivity contribution in [3.63, 3.8) is 0 Å². The Morgan fingerprint density at radius 3 is 2.82 bits per heavy atom. The molecular formula is C16H14ClNO4. The summed E-state index contributed by atoms with van der Waals surface area (Å²) in [5.74, 6) is -1.59. The quantitative estimate of drug-likeness (QED) is 0.616. The van der Waals surface area contributed by atoms with Crippen LogP contribution in [0, 0.1) is 11.8 Å². The van der Waals surface area contributed by atoms with E-state index in [9.17, 15) is 9.59 Å². The monoisotopic (exact) mass is 319 g/mol. The van der Waals surface area contributed by atoms with E-state index in [-0.39, 0.29) is 12.0 Å². The molecule has 3 aliphatic heterocycles. The fourth-order valence-corrected chi connectivity index (χ4v) is 3.87. The van der Waals surface area contributed by atoms with Crippen LogP contribution in [0.4, 0.5) is 5.69 Å². The van der Waals surface area contributed by atoms with E-state index in [1.807, 2.05) is 12.2 Å². The Hall–Kier alpha value is -1.85. The van der Waals surface area contributed by atoms with Gasteiger partial charge in [-0.25, -0.2) is 0 Å². The molecule has 1 amide bonds. The fraction of sp³-hybridized carbons (Fsp3) is 0.375. The molecule has 5 nitrogen and oxygen atoms in total. The molecule has 2 saturated heterocycles. The van der Waals surface area contributed by atoms with Gasteiger partial charge in [0.2, 0.25) is 5.91 Å². The van der Waals surface area contributed by atoms with Gasteiger partial charge >= 0.3 is 5.97 Å². The van der Waals surface area contributed by atoms with E-state index >= 15 is 0 Å². The molecule has 1 aromatic rings. The van der Waals surface area contributed by atoms with E-state index in [1.54, 1.807) is 29.2 Å². The standard InChI is InChI=1S/C16H14ClNO4/c1-21-15(20)12-11-6-7-16(22-11)8-18(14(19)13(12)16)10-4-2-9(17)3-5-10/h2-7,11-13H,8H2,1H3/t11-,12-,13+,16+/m1/s1. The molecule has 2 bridgehead atoms. The Morgan fingerprint density at radius 2 is 2.14 bits per heavy atom. The highest BCUT2D eigenvalue weighted by atomic mass is 35.5. The van der Waals surface area contributed by atoms with Gasteiger partial charge < -0.3 is 14.4 Å². The first-order chi connectivity index (χ1) is 10.6. The third-order valence-electron chi connectivity index (χ3n) is 4.71. The lowest BCUT2D eigenvalue weighted by Crippen LogP contribution is -2.39. The van der Waals surface area contributed by atoms with Crippen molar-refractivity contribution in [1.29, 1.82) is 0 Å². The molecule has 1 spiro atoms. The molecule has 4 rings (SSSR count). The minimum absolute atomic E-state index is 0.107. The van der Waals surface area contributed by atoms with Crippen LogP contribution in [0.5, 0.6) is 0 Å². The lowest BCUT2D eigenvalue weighted by Gasteiger charge is -2.22. The second-order valence-corrected chi connectivity index (χ2v) is 6.26. The van der Waals surface area contributed by atoms with Crippen molar-refractivity contribution in [3.8, 4) is 0 Å². The van der Waals surface area contributed by atoms with Crippen molar-refractivity contribution in [2.75, 3.05) is 18.6 Å². The molecule has 0 radical (unpaired) electrons. The van der Waals surface area contributed by atoms with Gasteiger partial charge in [-0.3, -0.25) is 9.59 Å². The molecule has 0 N–H and O–H groups in total. The predicted octanol–water partition coefficient (Wildman–Crippen LogP) is 1.80. The van der Waals surface area contributed by atoms with E-state index in [2.05, 4.69) is 0 Å². The molecule has 3 aliphatic rings. The first-order valence-corrected chi connectivity index (χ1v) is 7.45. The minimum atomic E-state index is -0.722. The summed E-state index contributed by atoms with van der Waals surface area (Å²) in [6, 6.07) is 7.06. The summed E-state index contributed by atoms with van der Waals surface area (Å²) >= 11 is 5.89. The lowest BCUT2D eigenvalue weighted by molar-refractivity contribution is -0.149. The van der Waals surface area contributed by atoms with E-state index in [1.165, 1.54) is 7.11 Å². The van der Waals surface area contributed by atoms with Crippen molar-refractivity contribution >= 4 is 29.2 Å². The van der Waals surface area contributed by atoms with Crippen LogP contribution in [0.25, 0.3) is 0 Å². The molecule has 3 heterocycles. The summed E-state index contributed by atoms with van der Waals surface area (Å²) < 4.78 is 10.8. The number of nitrogens with zero attached hydrogens (tertiary/aromatic N) is 1. The van der Waals surface area contributed by atoms with Crippen LogP contribution in [0.1, 0.15) is 0 Å². The molecule has 22 heavy (non-hydrogen) atoms. The topological polar surface area (TPSA) is 55.8 Å². The Bertz CT molecular complexity index is 686. The number of rotatable bonds is 2. The first kappa shape index (κ1) is 13.8. The molecule has 0 saturated carbocycles. The van der Waals surface area contributed by atoms with Crippen LogP contribution < -0.4 is 4.90 Å². The number of hydrogen-bond acceptors (Lipinski definition) is 4. The maximum Gasteiger partial charge on any atom is 0.312 e. The molecular weight excluding hydrogens is 306 g/mol. The SMILES string of the molecule is COC(=O)[C@H]1[C@H]2C(=O)N(c3ccc(Cl)cc3)C[C@@]23C=C[C@H]1O3. The Morgan fingerprint density at radius 1 is 1.41 bits per heavy atom. The van der Waals surface area contributed by atoms with Crippen LogP contribution in [0.15, 0.2) is 36.4 Å². The third kappa shape index (κ3) is 1.69. The van der Waals surface area contributed by atoms with Crippen molar-refractivity contribution < 1.29 is 19.1 Å². The fourth-order valence-electron chi connectivity index (χ4n) is 3.74. The molecule has 4 atom stereocenters. The highest BCUT2D eigenvalue weighted by molar-refractivity contribution is 6.30. The van der Waals surface area contributed by atoms with Gasteiger partial charge in [-0.1, -0.05) is 23.8 Å². The zero-order valence-electron chi connectivity index (χ0n) is 11.9. The Kier molecular flexibility index (Phi) is 2.86. The van der Waals surface area contributed by atoms with Gasteiger partial charge in [0.05, 0.1) is 25.7 Å². The highest BCUT2D eigenvalue weighted by Gasteiger charge is 2.67. The zero-order chi connectivity index (χ0) is 15.5. The van der Waals surface area contributed by atoms with Gasteiger partial charge in [0, 0.05) is 10.7 Å². The van der Waals surface area contributed by atoms with Crippen molar-refractivity contribution in [2.45, 2.75) is 11.7 Å². The number of anilines is 1. The molecule has 2 fully saturated rings. The van der Waals surface area contributed by atoms with Crippen molar-refractivity contribution in [1.82, 2.24) is 0 Å². The number of ether oxygens (including phenoxy) is 2. The number of carbonyl (C=O) groups excluding carboxylic acids is 2. The van der Waals surface area contributed by atoms with Gasteiger partial charge in [0.1, 0.15) is 11.5 Å². The normalized spacial score (nSPS) is 35.1. The van der Waals surface area contributed by atoms with Crippen LogP contribution in [-0.4, -0.2) is 37.2 Å². The van der Waals surface area contributed by atoms with E-state index < -0.39 is 23.4 Å². The number of esters is 1. The second-order valence-electron chi connectivity index (χ2n) is 5.82. The molecule has 0 unspecified atom stereocenters. The largest absolute Gasteiger partial charge is 0.469 e. The number of fused-ring (bicyclic) bond motifs is 1. The number of halogens is 1. The third-order valence-corrected chi connectivity index (χ3v) is 4.96. The summed E-state index contributed by atoms with van der Waals surface area (Å²) in [5.41, 5.74) is 0.0301. The van der Waals surface area contributed by atoms with Crippen LogP contribution in [-0.2, 0) is 19.1 Å². The van der Waals surface area contributed by atoms with Gasteiger partial charge in [-0.2, -0.15) is 0 Å². The molecule has 114 valence electrons. The predicted molar refractivity (Wildman–Crippen MR) is 79.5 cm³/mol. The average molecular weight is 320 g/mol. The van der Waals surface area contributed by atoms with E-state index in [4.69, 9.17) is 21.1 Å². The number of carbonyl (C=O) groups is 2. The van der Waals surface area contributed by atoms with Crippen molar-refractivity contribution in [3.05, 3.63) is 41.4 Å². The lowest BCUT2D eigenvalue weighted by atomic mass is 9.77. The molecule has 0 aromatic heterocycles. The summed E-state index contributed by atoms with van der Waals surface area (Å²) in [4.78, 5) is 26.6. The molecule has 1 aromatic carbocycles. The second kappa shape index (κ2) is 4.57. The Labute approximate surface area is 132 Å². The summed E-state index contributed by atoms with van der Waals surface area (Å²) in [6.45, 7) is 0.401. The Balaban J connectivity index is 1.71. The van der Waals surface area contributed by atoms with Gasteiger partial charge in [-0.05, 0) is 24.3 Å². The highest BCUT2D eigenvalue weighted by Crippen LogP contribution is 2.52. The maximum atomic E-state index is 12.9. The number of hydrogen-bond donors (Lipinski definition) is 0. The van der Waals surface area contributed by atoms with Crippen LogP contribution in [0.2, 0.25) is 5.02 Å². The van der Waals surface area contributed by atoms with Crippen LogP contribution in [0.3, 0.4) is 0 Å². The molecule has 6 heteroatoms. The van der Waals surface area contributed by atoms with E-state index in [0.717, 1.165) is 5.69 Å². The zero-order valence-corrected chi connectivity index (χ0v) is 12.6. The first-order valence-electron chi connectivity index (χ1n) is 7.08. The van der Waals surface area contributed by atoms with Crippen molar-refractivity contribution in [2.24, 2.45) is 11.8 Å². The minimum Gasteiger partial charge on any atom is -0.469 e. The van der Waals surface area contributed by atoms with Gasteiger partial charge in [0.15, 0.2) is 0 Å². The number of methoxy groups -OCH3 is 1.